The van der Waals surface area contributed by atoms with Crippen molar-refractivity contribution in [3.8, 4) is 5.75 Å². The number of amides is 1. The molecule has 0 unspecified atom stereocenters. The molecule has 3 aromatic rings. The third-order valence-corrected chi connectivity index (χ3v) is 4.43. The van der Waals surface area contributed by atoms with Crippen molar-refractivity contribution in [1.82, 2.24) is 5.16 Å². The van der Waals surface area contributed by atoms with E-state index in [0.717, 1.165) is 22.6 Å². The minimum Gasteiger partial charge on any atom is -0.489 e. The SMILES string of the molecule is CC(=O)c1ccccc1NC(=O)Cc1ccc(OCc2c(C)noc2C)cc1. The van der Waals surface area contributed by atoms with Gasteiger partial charge in [0.1, 0.15) is 18.1 Å². The van der Waals surface area contributed by atoms with E-state index in [1.807, 2.05) is 38.1 Å². The number of para-hydroxylation sites is 1. The van der Waals surface area contributed by atoms with Crippen molar-refractivity contribution in [3.63, 3.8) is 0 Å². The highest BCUT2D eigenvalue weighted by Crippen LogP contribution is 2.19. The highest BCUT2D eigenvalue weighted by atomic mass is 16.5. The molecule has 1 N–H and O–H groups in total. The summed E-state index contributed by atoms with van der Waals surface area (Å²) in [6.07, 6.45) is 0.205. The van der Waals surface area contributed by atoms with Crippen LogP contribution in [0.1, 0.15) is 39.9 Å². The summed E-state index contributed by atoms with van der Waals surface area (Å²) in [5.74, 6) is 1.18. The van der Waals surface area contributed by atoms with Gasteiger partial charge in [-0.15, -0.1) is 0 Å². The molecule has 0 aliphatic heterocycles. The van der Waals surface area contributed by atoms with E-state index in [2.05, 4.69) is 10.5 Å². The Balaban J connectivity index is 1.58. The van der Waals surface area contributed by atoms with Gasteiger partial charge < -0.3 is 14.6 Å². The number of ether oxygens (including phenoxy) is 1. The Morgan fingerprint density at radius 2 is 1.79 bits per heavy atom. The van der Waals surface area contributed by atoms with E-state index < -0.39 is 0 Å². The first-order valence-electron chi connectivity index (χ1n) is 8.97. The standard InChI is InChI=1S/C22H22N2O4/c1-14-20(16(3)28-24-14)13-27-18-10-8-17(9-11-18)12-22(26)23-21-7-5-4-6-19(21)15(2)25/h4-11H,12-13H2,1-3H3,(H,23,26). The van der Waals surface area contributed by atoms with E-state index in [0.29, 0.717) is 23.6 Å². The topological polar surface area (TPSA) is 81.4 Å². The van der Waals surface area contributed by atoms with Gasteiger partial charge in [-0.2, -0.15) is 0 Å². The number of rotatable bonds is 7. The fourth-order valence-electron chi connectivity index (χ4n) is 2.85. The number of Topliss-reactive ketones (excluding diaryl/α,β-unsaturated/α-hetero) is 1. The third-order valence-electron chi connectivity index (χ3n) is 4.43. The fraction of sp³-hybridized carbons (Fsp3) is 0.227. The van der Waals surface area contributed by atoms with Gasteiger partial charge in [0.05, 0.1) is 23.4 Å². The van der Waals surface area contributed by atoms with Gasteiger partial charge in [-0.1, -0.05) is 29.4 Å². The van der Waals surface area contributed by atoms with E-state index in [4.69, 9.17) is 9.26 Å². The first-order valence-corrected chi connectivity index (χ1v) is 8.97. The summed E-state index contributed by atoms with van der Waals surface area (Å²) in [6.45, 7) is 5.58. The number of benzene rings is 2. The van der Waals surface area contributed by atoms with Crippen molar-refractivity contribution in [3.05, 3.63) is 76.7 Å². The summed E-state index contributed by atoms with van der Waals surface area (Å²) in [7, 11) is 0. The van der Waals surface area contributed by atoms with Crippen LogP contribution in [-0.2, 0) is 17.8 Å². The van der Waals surface area contributed by atoms with Crippen molar-refractivity contribution in [2.24, 2.45) is 0 Å². The minimum absolute atomic E-state index is 0.0873. The molecule has 0 atom stereocenters. The lowest BCUT2D eigenvalue weighted by atomic mass is 10.1. The van der Waals surface area contributed by atoms with Crippen molar-refractivity contribution >= 4 is 17.4 Å². The first kappa shape index (κ1) is 19.4. The van der Waals surface area contributed by atoms with E-state index in [1.165, 1.54) is 6.92 Å². The second kappa shape index (κ2) is 8.52. The summed E-state index contributed by atoms with van der Waals surface area (Å²) in [5, 5.41) is 6.71. The predicted molar refractivity (Wildman–Crippen MR) is 106 cm³/mol. The number of nitrogens with zero attached hydrogens (tertiary/aromatic N) is 1. The molecule has 1 amide bonds. The molecule has 0 aliphatic rings. The largest absolute Gasteiger partial charge is 0.489 e. The maximum absolute atomic E-state index is 12.3. The fourth-order valence-corrected chi connectivity index (χ4v) is 2.85. The number of hydrogen-bond donors (Lipinski definition) is 1. The summed E-state index contributed by atoms with van der Waals surface area (Å²) < 4.78 is 10.9. The second-order valence-electron chi connectivity index (χ2n) is 6.56. The molecule has 0 saturated heterocycles. The van der Waals surface area contributed by atoms with Crippen LogP contribution in [0.4, 0.5) is 5.69 Å². The van der Waals surface area contributed by atoms with Crippen LogP contribution in [0.2, 0.25) is 0 Å². The number of ketones is 1. The zero-order chi connectivity index (χ0) is 20.1. The van der Waals surface area contributed by atoms with Gasteiger partial charge in [0, 0.05) is 5.56 Å². The number of aryl methyl sites for hydroxylation is 2. The van der Waals surface area contributed by atoms with Gasteiger partial charge in [-0.3, -0.25) is 9.59 Å². The van der Waals surface area contributed by atoms with E-state index in [9.17, 15) is 9.59 Å². The Morgan fingerprint density at radius 1 is 1.07 bits per heavy atom. The molecule has 1 heterocycles. The Labute approximate surface area is 163 Å². The monoisotopic (exact) mass is 378 g/mol. The Kier molecular flexibility index (Phi) is 5.89. The third kappa shape index (κ3) is 4.65. The van der Waals surface area contributed by atoms with Gasteiger partial charge in [0.25, 0.3) is 0 Å². The normalized spacial score (nSPS) is 10.5. The highest BCUT2D eigenvalue weighted by Gasteiger charge is 2.11. The molecule has 1 aromatic heterocycles. The van der Waals surface area contributed by atoms with Crippen LogP contribution in [0.25, 0.3) is 0 Å². The highest BCUT2D eigenvalue weighted by molar-refractivity contribution is 6.04. The summed E-state index contributed by atoms with van der Waals surface area (Å²) in [6, 6.07) is 14.3. The van der Waals surface area contributed by atoms with Crippen LogP contribution in [0, 0.1) is 13.8 Å². The zero-order valence-corrected chi connectivity index (χ0v) is 16.1. The van der Waals surface area contributed by atoms with Crippen LogP contribution < -0.4 is 10.1 Å². The lowest BCUT2D eigenvalue weighted by molar-refractivity contribution is -0.115. The Hall–Kier alpha value is -3.41. The Morgan fingerprint density at radius 3 is 2.43 bits per heavy atom. The van der Waals surface area contributed by atoms with Crippen molar-refractivity contribution in [1.29, 1.82) is 0 Å². The molecular weight excluding hydrogens is 356 g/mol. The molecule has 144 valence electrons. The van der Waals surface area contributed by atoms with Gasteiger partial charge >= 0.3 is 0 Å². The number of nitrogens with one attached hydrogen (secondary N) is 1. The molecular formula is C22H22N2O4. The zero-order valence-electron chi connectivity index (χ0n) is 16.1. The second-order valence-corrected chi connectivity index (χ2v) is 6.56. The molecule has 3 rings (SSSR count). The Bertz CT molecular complexity index is 971. The minimum atomic E-state index is -0.182. The molecule has 0 saturated carbocycles. The summed E-state index contributed by atoms with van der Waals surface area (Å²) in [5.41, 5.74) is 3.63. The first-order chi connectivity index (χ1) is 13.4. The quantitative estimate of drug-likeness (QED) is 0.622. The lowest BCUT2D eigenvalue weighted by Crippen LogP contribution is -2.16. The van der Waals surface area contributed by atoms with Crippen LogP contribution >= 0.6 is 0 Å². The maximum Gasteiger partial charge on any atom is 0.228 e. The molecule has 0 bridgehead atoms. The number of hydrogen-bond acceptors (Lipinski definition) is 5. The molecule has 6 nitrogen and oxygen atoms in total. The van der Waals surface area contributed by atoms with Crippen LogP contribution in [0.15, 0.2) is 53.1 Å². The molecule has 0 radical (unpaired) electrons. The smallest absolute Gasteiger partial charge is 0.228 e. The molecule has 28 heavy (non-hydrogen) atoms. The van der Waals surface area contributed by atoms with Gasteiger partial charge in [-0.05, 0) is 50.6 Å². The van der Waals surface area contributed by atoms with Gasteiger partial charge in [0.15, 0.2) is 5.78 Å². The molecule has 0 fully saturated rings. The molecule has 2 aromatic carbocycles. The number of anilines is 1. The molecule has 6 heteroatoms. The van der Waals surface area contributed by atoms with Crippen LogP contribution in [0.3, 0.4) is 0 Å². The number of carbonyl (C=O) groups is 2. The predicted octanol–water partition coefficient (Wildman–Crippen LogP) is 4.25. The van der Waals surface area contributed by atoms with E-state index in [1.54, 1.807) is 24.3 Å². The van der Waals surface area contributed by atoms with Crippen LogP contribution in [-0.4, -0.2) is 16.8 Å². The average Bonchev–Trinajstić information content (AvgIpc) is 2.99. The number of carbonyl (C=O) groups excluding carboxylic acids is 2. The summed E-state index contributed by atoms with van der Waals surface area (Å²) in [4.78, 5) is 24.0. The average molecular weight is 378 g/mol. The van der Waals surface area contributed by atoms with Gasteiger partial charge in [0.2, 0.25) is 5.91 Å². The van der Waals surface area contributed by atoms with Crippen LogP contribution in [0.5, 0.6) is 5.75 Å². The molecule has 0 spiro atoms. The van der Waals surface area contributed by atoms with Gasteiger partial charge in [-0.25, -0.2) is 0 Å². The van der Waals surface area contributed by atoms with Crippen molar-refractivity contribution < 1.29 is 18.8 Å². The molecule has 0 aliphatic carbocycles. The summed E-state index contributed by atoms with van der Waals surface area (Å²) >= 11 is 0. The van der Waals surface area contributed by atoms with Crippen molar-refractivity contribution in [2.75, 3.05) is 5.32 Å². The lowest BCUT2D eigenvalue weighted by Gasteiger charge is -2.10. The van der Waals surface area contributed by atoms with Crippen molar-refractivity contribution in [2.45, 2.75) is 33.8 Å². The van der Waals surface area contributed by atoms with E-state index in [-0.39, 0.29) is 18.1 Å². The number of aromatic nitrogens is 1. The maximum atomic E-state index is 12.3. The van der Waals surface area contributed by atoms with E-state index >= 15 is 0 Å².